The van der Waals surface area contributed by atoms with Gasteiger partial charge in [-0.3, -0.25) is 9.69 Å². The van der Waals surface area contributed by atoms with E-state index in [0.717, 1.165) is 71.6 Å². The summed E-state index contributed by atoms with van der Waals surface area (Å²) in [7, 11) is 1.66. The molecule has 4 heterocycles. The number of ketones is 1. The van der Waals surface area contributed by atoms with Crippen LogP contribution in [0.4, 0.5) is 0 Å². The lowest BCUT2D eigenvalue weighted by Gasteiger charge is -2.31. The molecule has 0 N–H and O–H groups in total. The second-order valence-corrected chi connectivity index (χ2v) is 9.49. The Labute approximate surface area is 204 Å². The van der Waals surface area contributed by atoms with Crippen molar-refractivity contribution in [1.29, 1.82) is 0 Å². The zero-order valence-corrected chi connectivity index (χ0v) is 20.4. The summed E-state index contributed by atoms with van der Waals surface area (Å²) in [5.74, 6) is 2.46. The largest absolute Gasteiger partial charge is 0.497 e. The highest BCUT2D eigenvalue weighted by Gasteiger charge is 2.36. The second-order valence-electron chi connectivity index (χ2n) is 9.49. The molecule has 7 heteroatoms. The van der Waals surface area contributed by atoms with E-state index < -0.39 is 0 Å². The lowest BCUT2D eigenvalue weighted by molar-refractivity contribution is 0.0273. The molecule has 1 unspecified atom stereocenters. The molecule has 1 atom stereocenters. The minimum absolute atomic E-state index is 0.0863. The number of hydrogen-bond acceptors (Lipinski definition) is 6. The van der Waals surface area contributed by atoms with Crippen LogP contribution in [0.1, 0.15) is 46.8 Å². The van der Waals surface area contributed by atoms with Crippen molar-refractivity contribution >= 4 is 22.8 Å². The molecule has 0 aliphatic carbocycles. The van der Waals surface area contributed by atoms with E-state index in [1.807, 2.05) is 37.3 Å². The van der Waals surface area contributed by atoms with Gasteiger partial charge in [0.15, 0.2) is 5.76 Å². The molecular weight excluding hydrogens is 444 g/mol. The Morgan fingerprint density at radius 1 is 1.26 bits per heavy atom. The third kappa shape index (κ3) is 3.79. The highest BCUT2D eigenvalue weighted by atomic mass is 16.5. The van der Waals surface area contributed by atoms with Gasteiger partial charge in [-0.2, -0.15) is 0 Å². The highest BCUT2D eigenvalue weighted by Crippen LogP contribution is 2.44. The van der Waals surface area contributed by atoms with Crippen LogP contribution in [0.5, 0.6) is 17.2 Å². The highest BCUT2D eigenvalue weighted by molar-refractivity contribution is 6.16. The van der Waals surface area contributed by atoms with E-state index in [2.05, 4.69) is 22.6 Å². The van der Waals surface area contributed by atoms with Gasteiger partial charge in [0.2, 0.25) is 5.78 Å². The van der Waals surface area contributed by atoms with Gasteiger partial charge >= 0.3 is 0 Å². The van der Waals surface area contributed by atoms with Crippen molar-refractivity contribution < 1.29 is 23.7 Å². The van der Waals surface area contributed by atoms with Crippen LogP contribution in [-0.4, -0.2) is 48.3 Å². The summed E-state index contributed by atoms with van der Waals surface area (Å²) >= 11 is 0. The molecular formula is C28H30N2O5. The number of Topliss-reactive ketones (excluding diaryl/α,β-unsaturated/α-hetero) is 1. The summed E-state index contributed by atoms with van der Waals surface area (Å²) in [5.41, 5.74) is 4.46. The lowest BCUT2D eigenvalue weighted by Crippen LogP contribution is -2.37. The van der Waals surface area contributed by atoms with E-state index >= 15 is 0 Å². The Morgan fingerprint density at radius 3 is 2.91 bits per heavy atom. The molecule has 0 radical (unpaired) electrons. The fourth-order valence-corrected chi connectivity index (χ4v) is 5.42. The fourth-order valence-electron chi connectivity index (χ4n) is 5.42. The Morgan fingerprint density at radius 2 is 2.14 bits per heavy atom. The number of hydrogen-bond donors (Lipinski definition) is 0. The molecule has 0 spiro atoms. The maximum absolute atomic E-state index is 13.5. The van der Waals surface area contributed by atoms with E-state index in [1.165, 1.54) is 0 Å². The van der Waals surface area contributed by atoms with Crippen molar-refractivity contribution in [2.75, 3.05) is 27.0 Å². The molecule has 1 aromatic heterocycles. The van der Waals surface area contributed by atoms with Crippen LogP contribution in [0, 0.1) is 6.92 Å². The molecule has 3 aliphatic rings. The molecule has 0 saturated carbocycles. The zero-order valence-electron chi connectivity index (χ0n) is 20.4. The molecule has 3 aromatic rings. The van der Waals surface area contributed by atoms with Crippen molar-refractivity contribution in [3.63, 3.8) is 0 Å². The number of carbonyl (C=O) groups excluding carboxylic acids is 1. The molecule has 1 saturated heterocycles. The lowest BCUT2D eigenvalue weighted by atomic mass is 9.98. The van der Waals surface area contributed by atoms with Crippen LogP contribution in [0.15, 0.2) is 36.2 Å². The summed E-state index contributed by atoms with van der Waals surface area (Å²) in [6.45, 7) is 7.70. The molecule has 1 fully saturated rings. The van der Waals surface area contributed by atoms with E-state index in [-0.39, 0.29) is 11.9 Å². The summed E-state index contributed by atoms with van der Waals surface area (Å²) in [6.07, 6.45) is 6.34. The van der Waals surface area contributed by atoms with Crippen LogP contribution < -0.4 is 14.2 Å². The number of carbonyl (C=O) groups is 1. The number of aryl methyl sites for hydroxylation is 2. The van der Waals surface area contributed by atoms with Crippen molar-refractivity contribution in [3.8, 4) is 17.2 Å². The van der Waals surface area contributed by atoms with E-state index in [9.17, 15) is 4.79 Å². The Bertz CT molecular complexity index is 1350. The van der Waals surface area contributed by atoms with E-state index in [4.69, 9.17) is 18.9 Å². The van der Waals surface area contributed by atoms with Crippen molar-refractivity contribution in [2.45, 2.75) is 45.9 Å². The number of aromatic nitrogens is 1. The van der Waals surface area contributed by atoms with Gasteiger partial charge in [-0.15, -0.1) is 0 Å². The topological polar surface area (TPSA) is 62.2 Å². The predicted molar refractivity (Wildman–Crippen MR) is 133 cm³/mol. The van der Waals surface area contributed by atoms with Gasteiger partial charge in [0.1, 0.15) is 24.0 Å². The number of methoxy groups -OCH3 is 1. The van der Waals surface area contributed by atoms with Crippen LogP contribution >= 0.6 is 0 Å². The Kier molecular flexibility index (Phi) is 5.54. The maximum Gasteiger partial charge on any atom is 0.232 e. The van der Waals surface area contributed by atoms with Gasteiger partial charge in [-0.05, 0) is 62.6 Å². The summed E-state index contributed by atoms with van der Waals surface area (Å²) < 4.78 is 25.8. The number of ether oxygens (including phenoxy) is 4. The minimum Gasteiger partial charge on any atom is -0.497 e. The zero-order chi connectivity index (χ0) is 24.1. The van der Waals surface area contributed by atoms with Gasteiger partial charge in [-0.25, -0.2) is 0 Å². The van der Waals surface area contributed by atoms with Crippen LogP contribution in [-0.2, 0) is 17.8 Å². The first-order valence-electron chi connectivity index (χ1n) is 12.3. The molecule has 35 heavy (non-hydrogen) atoms. The summed E-state index contributed by atoms with van der Waals surface area (Å²) in [4.78, 5) is 15.7. The summed E-state index contributed by atoms with van der Waals surface area (Å²) in [6, 6.07) is 7.97. The number of allylic oxidation sites excluding steroid dienone is 1. The predicted octanol–water partition coefficient (Wildman–Crippen LogP) is 4.93. The van der Waals surface area contributed by atoms with Gasteiger partial charge in [0, 0.05) is 48.9 Å². The SMILES string of the molecule is CCn1cc(/C=C2\Oc3c4c(cc(C)c3C2=O)OCN(CC2CCCO2)C4)c2cc(OC)ccc21. The molecule has 3 aliphatic heterocycles. The van der Waals surface area contributed by atoms with Gasteiger partial charge in [0.05, 0.1) is 24.3 Å². The first kappa shape index (κ1) is 22.2. The minimum atomic E-state index is -0.0863. The molecule has 2 aromatic carbocycles. The van der Waals surface area contributed by atoms with Crippen LogP contribution in [0.3, 0.4) is 0 Å². The molecule has 0 bridgehead atoms. The molecule has 6 rings (SSSR count). The third-order valence-electron chi connectivity index (χ3n) is 7.22. The number of rotatable bonds is 5. The number of benzene rings is 2. The van der Waals surface area contributed by atoms with Crippen molar-refractivity contribution in [2.24, 2.45) is 0 Å². The average Bonchev–Trinajstić information content (AvgIpc) is 3.58. The molecule has 0 amide bonds. The number of fused-ring (bicyclic) bond motifs is 4. The Balaban J connectivity index is 1.36. The van der Waals surface area contributed by atoms with Crippen molar-refractivity contribution in [3.05, 3.63) is 58.5 Å². The monoisotopic (exact) mass is 474 g/mol. The van der Waals surface area contributed by atoms with Gasteiger partial charge < -0.3 is 23.5 Å². The quantitative estimate of drug-likeness (QED) is 0.489. The van der Waals surface area contributed by atoms with Crippen LogP contribution in [0.2, 0.25) is 0 Å². The third-order valence-corrected chi connectivity index (χ3v) is 7.22. The first-order chi connectivity index (χ1) is 17.1. The molecule has 182 valence electrons. The van der Waals surface area contributed by atoms with E-state index in [0.29, 0.717) is 30.3 Å². The summed E-state index contributed by atoms with van der Waals surface area (Å²) in [5, 5.41) is 1.02. The van der Waals surface area contributed by atoms with Gasteiger partial charge in [-0.1, -0.05) is 0 Å². The average molecular weight is 475 g/mol. The second kappa shape index (κ2) is 8.73. The van der Waals surface area contributed by atoms with Crippen molar-refractivity contribution in [1.82, 2.24) is 9.47 Å². The smallest absolute Gasteiger partial charge is 0.232 e. The van der Waals surface area contributed by atoms with Gasteiger partial charge in [0.25, 0.3) is 0 Å². The fraction of sp³-hybridized carbons (Fsp3) is 0.393. The normalized spacial score (nSPS) is 20.7. The Hall–Kier alpha value is -3.29. The molecule has 7 nitrogen and oxygen atoms in total. The first-order valence-corrected chi connectivity index (χ1v) is 12.3. The number of nitrogens with zero attached hydrogens (tertiary/aromatic N) is 2. The van der Waals surface area contributed by atoms with Crippen LogP contribution in [0.25, 0.3) is 17.0 Å². The van der Waals surface area contributed by atoms with E-state index in [1.54, 1.807) is 7.11 Å². The standard InChI is InChI=1S/C28H30N2O5/c1-4-30-13-18(21-12-19(32-3)7-8-23(21)30)11-25-27(31)26-17(2)10-24-22(28(26)35-25)15-29(16-34-24)14-20-6-5-9-33-20/h7-8,10-13,20H,4-6,9,14-16H2,1-3H3/b25-11-. The maximum atomic E-state index is 13.5.